The fourth-order valence-electron chi connectivity index (χ4n) is 3.06. The fourth-order valence-corrected chi connectivity index (χ4v) is 3.72. The van der Waals surface area contributed by atoms with Crippen molar-refractivity contribution >= 4 is 17.4 Å². The van der Waals surface area contributed by atoms with Gasteiger partial charge in [0.05, 0.1) is 5.69 Å². The van der Waals surface area contributed by atoms with Crippen molar-refractivity contribution < 1.29 is 4.79 Å². The molecule has 1 fully saturated rings. The lowest BCUT2D eigenvalue weighted by molar-refractivity contribution is 0.0939. The number of rotatable bonds is 5. The first-order valence-corrected chi connectivity index (χ1v) is 8.87. The van der Waals surface area contributed by atoms with Crippen LogP contribution in [0.3, 0.4) is 0 Å². The lowest BCUT2D eigenvalue weighted by Gasteiger charge is -2.24. The van der Waals surface area contributed by atoms with Crippen LogP contribution in [0.5, 0.6) is 0 Å². The maximum absolute atomic E-state index is 12.4. The summed E-state index contributed by atoms with van der Waals surface area (Å²) in [7, 11) is 0. The number of carbonyl (C=O) groups excluding carboxylic acids is 1. The van der Waals surface area contributed by atoms with Crippen LogP contribution in [0.15, 0.2) is 30.3 Å². The number of hydrogen-bond acceptors (Lipinski definition) is 5. The van der Waals surface area contributed by atoms with Crippen molar-refractivity contribution in [1.82, 2.24) is 19.8 Å². The van der Waals surface area contributed by atoms with Crippen LogP contribution in [0.2, 0.25) is 0 Å². The van der Waals surface area contributed by atoms with E-state index in [4.69, 9.17) is 0 Å². The first-order chi connectivity index (χ1) is 11.2. The number of amides is 1. The lowest BCUT2D eigenvalue weighted by Crippen LogP contribution is -2.37. The molecular weight excluding hydrogens is 308 g/mol. The quantitative estimate of drug-likeness (QED) is 0.916. The van der Waals surface area contributed by atoms with Crippen molar-refractivity contribution in [3.8, 4) is 0 Å². The number of aromatic nitrogens is 2. The maximum atomic E-state index is 12.4. The predicted molar refractivity (Wildman–Crippen MR) is 91.6 cm³/mol. The topological polar surface area (TPSA) is 58.1 Å². The van der Waals surface area contributed by atoms with E-state index in [1.54, 1.807) is 0 Å². The molecule has 0 bridgehead atoms. The van der Waals surface area contributed by atoms with Crippen LogP contribution < -0.4 is 5.32 Å². The predicted octanol–water partition coefficient (Wildman–Crippen LogP) is 2.67. The Kier molecular flexibility index (Phi) is 5.03. The molecule has 6 heteroatoms. The van der Waals surface area contributed by atoms with E-state index in [1.807, 2.05) is 13.0 Å². The van der Waals surface area contributed by atoms with Gasteiger partial charge < -0.3 is 5.32 Å². The highest BCUT2D eigenvalue weighted by atomic mass is 32.1. The van der Waals surface area contributed by atoms with E-state index in [-0.39, 0.29) is 11.9 Å². The van der Waals surface area contributed by atoms with E-state index in [0.717, 1.165) is 31.6 Å². The van der Waals surface area contributed by atoms with Crippen molar-refractivity contribution in [2.75, 3.05) is 13.1 Å². The van der Waals surface area contributed by atoms with Gasteiger partial charge in [0.1, 0.15) is 4.88 Å². The minimum Gasteiger partial charge on any atom is -0.347 e. The summed E-state index contributed by atoms with van der Waals surface area (Å²) in [6, 6.07) is 11.1. The summed E-state index contributed by atoms with van der Waals surface area (Å²) in [5.41, 5.74) is 2.11. The molecule has 1 saturated heterocycles. The molecule has 2 atom stereocenters. The average molecular weight is 330 g/mol. The summed E-state index contributed by atoms with van der Waals surface area (Å²) in [5.74, 6) is -0.0314. The number of aryl methyl sites for hydroxylation is 1. The number of benzene rings is 1. The molecule has 1 N–H and O–H groups in total. The minimum atomic E-state index is -0.0314. The maximum Gasteiger partial charge on any atom is 0.265 e. The smallest absolute Gasteiger partial charge is 0.265 e. The first kappa shape index (κ1) is 16.1. The van der Waals surface area contributed by atoms with Gasteiger partial charge in [0.25, 0.3) is 5.91 Å². The molecule has 23 heavy (non-hydrogen) atoms. The van der Waals surface area contributed by atoms with Crippen LogP contribution in [0, 0.1) is 0 Å². The summed E-state index contributed by atoms with van der Waals surface area (Å²) >= 11 is 1.18. The van der Waals surface area contributed by atoms with Gasteiger partial charge in [0.2, 0.25) is 0 Å². The van der Waals surface area contributed by atoms with Crippen LogP contribution in [0.1, 0.15) is 47.2 Å². The monoisotopic (exact) mass is 330 g/mol. The van der Waals surface area contributed by atoms with E-state index < -0.39 is 0 Å². The average Bonchev–Trinajstić information content (AvgIpc) is 3.23. The normalized spacial score (nSPS) is 19.7. The molecule has 0 saturated carbocycles. The molecule has 3 rings (SSSR count). The fraction of sp³-hybridized carbons (Fsp3) is 0.471. The number of likely N-dealkylation sites (tertiary alicyclic amines) is 1. The molecule has 1 aromatic carbocycles. The third-order valence-corrected chi connectivity index (χ3v) is 5.25. The SMILES string of the molecule is CCc1nnsc1C(=O)N[C@@H]1CCN([C@H](C)c2ccccc2)C1. The largest absolute Gasteiger partial charge is 0.347 e. The summed E-state index contributed by atoms with van der Waals surface area (Å²) in [6.45, 7) is 6.10. The van der Waals surface area contributed by atoms with Crippen LogP contribution in [0.4, 0.5) is 0 Å². The van der Waals surface area contributed by atoms with Gasteiger partial charge in [-0.25, -0.2) is 0 Å². The zero-order chi connectivity index (χ0) is 16.2. The molecule has 5 nitrogen and oxygen atoms in total. The molecule has 0 unspecified atom stereocenters. The second-order valence-electron chi connectivity index (χ2n) is 5.94. The number of hydrogen-bond donors (Lipinski definition) is 1. The Hall–Kier alpha value is -1.79. The van der Waals surface area contributed by atoms with Crippen molar-refractivity contribution in [3.05, 3.63) is 46.5 Å². The third-order valence-electron chi connectivity index (χ3n) is 4.48. The Morgan fingerprint density at radius 2 is 2.22 bits per heavy atom. The highest BCUT2D eigenvalue weighted by molar-refractivity contribution is 7.08. The van der Waals surface area contributed by atoms with Gasteiger partial charge in [-0.2, -0.15) is 0 Å². The molecule has 0 radical (unpaired) electrons. The van der Waals surface area contributed by atoms with E-state index in [9.17, 15) is 4.79 Å². The van der Waals surface area contributed by atoms with Gasteiger partial charge in [-0.1, -0.05) is 41.7 Å². The highest BCUT2D eigenvalue weighted by Gasteiger charge is 2.28. The molecule has 1 aliphatic rings. The molecule has 1 aliphatic heterocycles. The Morgan fingerprint density at radius 1 is 1.43 bits per heavy atom. The van der Waals surface area contributed by atoms with Crippen LogP contribution in [-0.2, 0) is 6.42 Å². The summed E-state index contributed by atoms with van der Waals surface area (Å²) in [5, 5.41) is 7.15. The molecule has 1 aromatic heterocycles. The Morgan fingerprint density at radius 3 is 2.96 bits per heavy atom. The van der Waals surface area contributed by atoms with Gasteiger partial charge in [-0.05, 0) is 36.9 Å². The van der Waals surface area contributed by atoms with E-state index in [0.29, 0.717) is 10.9 Å². The summed E-state index contributed by atoms with van der Waals surface area (Å²) < 4.78 is 3.89. The number of nitrogens with one attached hydrogen (secondary N) is 1. The molecular formula is C17H22N4OS. The standard InChI is InChI=1S/C17H22N4OS/c1-3-15-16(23-20-19-15)17(22)18-14-9-10-21(11-14)12(2)13-7-5-4-6-8-13/h4-8,12,14H,3,9-11H2,1-2H3,(H,18,22)/t12-,14-/m1/s1. The van der Waals surface area contributed by atoms with Crippen molar-refractivity contribution in [1.29, 1.82) is 0 Å². The zero-order valence-electron chi connectivity index (χ0n) is 13.5. The lowest BCUT2D eigenvalue weighted by atomic mass is 10.1. The first-order valence-electron chi connectivity index (χ1n) is 8.10. The molecule has 2 aromatic rings. The van der Waals surface area contributed by atoms with E-state index in [1.165, 1.54) is 17.1 Å². The summed E-state index contributed by atoms with van der Waals surface area (Å²) in [4.78, 5) is 15.5. The van der Waals surface area contributed by atoms with Crippen LogP contribution >= 0.6 is 11.5 Å². The number of carbonyl (C=O) groups is 1. The Bertz CT molecular complexity index is 658. The van der Waals surface area contributed by atoms with Gasteiger partial charge in [0.15, 0.2) is 0 Å². The van der Waals surface area contributed by atoms with Gasteiger partial charge in [-0.3, -0.25) is 9.69 Å². The van der Waals surface area contributed by atoms with Gasteiger partial charge >= 0.3 is 0 Å². The van der Waals surface area contributed by atoms with E-state index >= 15 is 0 Å². The molecule has 1 amide bonds. The van der Waals surface area contributed by atoms with Gasteiger partial charge in [-0.15, -0.1) is 5.10 Å². The van der Waals surface area contributed by atoms with Crippen LogP contribution in [0.25, 0.3) is 0 Å². The highest BCUT2D eigenvalue weighted by Crippen LogP contribution is 2.24. The third kappa shape index (κ3) is 3.59. The number of nitrogens with zero attached hydrogens (tertiary/aromatic N) is 3. The molecule has 0 aliphatic carbocycles. The van der Waals surface area contributed by atoms with E-state index in [2.05, 4.69) is 51.0 Å². The summed E-state index contributed by atoms with van der Waals surface area (Å²) in [6.07, 6.45) is 1.72. The van der Waals surface area contributed by atoms with Crippen molar-refractivity contribution in [2.24, 2.45) is 0 Å². The zero-order valence-corrected chi connectivity index (χ0v) is 14.3. The minimum absolute atomic E-state index is 0.0314. The van der Waals surface area contributed by atoms with Crippen LogP contribution in [-0.4, -0.2) is 39.5 Å². The molecule has 122 valence electrons. The van der Waals surface area contributed by atoms with Gasteiger partial charge in [0, 0.05) is 25.2 Å². The molecule has 0 spiro atoms. The second-order valence-corrected chi connectivity index (χ2v) is 6.70. The second kappa shape index (κ2) is 7.19. The van der Waals surface area contributed by atoms with Crippen molar-refractivity contribution in [2.45, 2.75) is 38.8 Å². The molecule has 2 heterocycles. The Labute approximate surface area is 140 Å². The van der Waals surface area contributed by atoms with Crippen molar-refractivity contribution in [3.63, 3.8) is 0 Å². The Balaban J connectivity index is 1.59.